The zero-order valence-corrected chi connectivity index (χ0v) is 15.8. The van der Waals surface area contributed by atoms with Crippen LogP contribution in [-0.2, 0) is 4.79 Å². The Morgan fingerprint density at radius 3 is 2.59 bits per heavy atom. The van der Waals surface area contributed by atoms with Crippen LogP contribution in [-0.4, -0.2) is 17.4 Å². The Kier molecular flexibility index (Phi) is 4.68. The molecule has 0 saturated heterocycles. The molecule has 1 amide bonds. The molecule has 1 aromatic heterocycles. The summed E-state index contributed by atoms with van der Waals surface area (Å²) < 4.78 is 19.0. The molecule has 144 valence electrons. The zero-order chi connectivity index (χ0) is 20.5. The first kappa shape index (κ1) is 18.6. The lowest BCUT2D eigenvalue weighted by Crippen LogP contribution is -2.21. The Morgan fingerprint density at radius 1 is 1.10 bits per heavy atom. The van der Waals surface area contributed by atoms with Crippen LogP contribution in [0.5, 0.6) is 0 Å². The number of halogens is 1. The Morgan fingerprint density at radius 2 is 1.86 bits per heavy atom. The average Bonchev–Trinajstić information content (AvgIpc) is 3.29. The summed E-state index contributed by atoms with van der Waals surface area (Å²) in [6.07, 6.45) is 1.63. The van der Waals surface area contributed by atoms with Gasteiger partial charge >= 0.3 is 0 Å². The van der Waals surface area contributed by atoms with Crippen molar-refractivity contribution in [1.29, 1.82) is 0 Å². The van der Waals surface area contributed by atoms with E-state index in [1.807, 2.05) is 6.07 Å². The van der Waals surface area contributed by atoms with Crippen LogP contribution in [0.3, 0.4) is 0 Å². The maximum Gasteiger partial charge on any atom is 0.280 e. The molecule has 0 atom stereocenters. The number of carbonyl (C=O) groups excluding carboxylic acids is 2. The fraction of sp³-hybridized carbons (Fsp3) is 0.0870. The summed E-state index contributed by atoms with van der Waals surface area (Å²) in [6, 6.07) is 16.3. The van der Waals surface area contributed by atoms with Crippen LogP contribution in [0.15, 0.2) is 75.8 Å². The summed E-state index contributed by atoms with van der Waals surface area (Å²) in [5.74, 6) is 0.368. The molecule has 29 heavy (non-hydrogen) atoms. The van der Waals surface area contributed by atoms with Gasteiger partial charge < -0.3 is 4.42 Å². The van der Waals surface area contributed by atoms with E-state index in [-0.39, 0.29) is 17.5 Å². The first-order chi connectivity index (χ1) is 13.9. The van der Waals surface area contributed by atoms with Gasteiger partial charge in [0.2, 0.25) is 0 Å². The van der Waals surface area contributed by atoms with Gasteiger partial charge in [0, 0.05) is 11.1 Å². The van der Waals surface area contributed by atoms with Crippen molar-refractivity contribution in [2.45, 2.75) is 13.8 Å². The number of hydrazone groups is 1. The summed E-state index contributed by atoms with van der Waals surface area (Å²) in [4.78, 5) is 24.4. The van der Waals surface area contributed by atoms with E-state index in [2.05, 4.69) is 5.10 Å². The van der Waals surface area contributed by atoms with Crippen molar-refractivity contribution in [1.82, 2.24) is 0 Å². The highest BCUT2D eigenvalue weighted by Crippen LogP contribution is 2.28. The van der Waals surface area contributed by atoms with Gasteiger partial charge in [-0.05, 0) is 62.4 Å². The average molecular weight is 388 g/mol. The maximum atomic E-state index is 13.1. The Labute approximate surface area is 166 Å². The van der Waals surface area contributed by atoms with Gasteiger partial charge in [-0.2, -0.15) is 10.1 Å². The van der Waals surface area contributed by atoms with Gasteiger partial charge in [-0.25, -0.2) is 4.39 Å². The molecule has 1 aliphatic heterocycles. The van der Waals surface area contributed by atoms with Crippen molar-refractivity contribution in [3.05, 3.63) is 83.4 Å². The largest absolute Gasteiger partial charge is 0.457 e. The molecule has 6 heteroatoms. The number of anilines is 1. The molecule has 0 N–H and O–H groups in total. The third-order valence-corrected chi connectivity index (χ3v) is 4.60. The van der Waals surface area contributed by atoms with E-state index in [0.717, 1.165) is 5.56 Å². The second-order valence-corrected chi connectivity index (χ2v) is 6.68. The molecule has 0 aliphatic carbocycles. The van der Waals surface area contributed by atoms with E-state index in [1.165, 1.54) is 36.2 Å². The number of furan rings is 1. The number of ketones is 1. The van der Waals surface area contributed by atoms with Gasteiger partial charge in [0.25, 0.3) is 5.91 Å². The molecule has 5 nitrogen and oxygen atoms in total. The Balaban J connectivity index is 1.61. The highest BCUT2D eigenvalue weighted by Gasteiger charge is 2.29. The minimum absolute atomic E-state index is 0.0231. The summed E-state index contributed by atoms with van der Waals surface area (Å²) >= 11 is 0. The molecular formula is C23H17FN2O3. The molecule has 0 bridgehead atoms. The molecule has 0 unspecified atom stereocenters. The number of Topliss-reactive ketones (excluding diaryl/α,β-unsaturated/α-hetero) is 1. The summed E-state index contributed by atoms with van der Waals surface area (Å²) in [6.45, 7) is 3.24. The highest BCUT2D eigenvalue weighted by molar-refractivity contribution is 6.32. The van der Waals surface area contributed by atoms with Crippen LogP contribution in [0.1, 0.15) is 30.0 Å². The van der Waals surface area contributed by atoms with Crippen molar-refractivity contribution < 1.29 is 18.4 Å². The molecule has 1 aliphatic rings. The van der Waals surface area contributed by atoms with Gasteiger partial charge in [0.15, 0.2) is 5.78 Å². The van der Waals surface area contributed by atoms with E-state index in [0.29, 0.717) is 34.1 Å². The van der Waals surface area contributed by atoms with Gasteiger partial charge in [0.1, 0.15) is 17.3 Å². The molecule has 0 spiro atoms. The number of hydrogen-bond donors (Lipinski definition) is 0. The number of rotatable bonds is 4. The standard InChI is InChI=1S/C23H17FN2O3/c1-14-21(23(28)26(25-14)19-8-6-18(24)7-9-19)13-20-10-11-22(29-20)17-5-3-4-16(12-17)15(2)27/h3-13H,1-2H3/b21-13+. The lowest BCUT2D eigenvalue weighted by atomic mass is 10.1. The van der Waals surface area contributed by atoms with Crippen LogP contribution in [0.2, 0.25) is 0 Å². The van der Waals surface area contributed by atoms with Crippen LogP contribution in [0.4, 0.5) is 10.1 Å². The van der Waals surface area contributed by atoms with E-state index >= 15 is 0 Å². The summed E-state index contributed by atoms with van der Waals surface area (Å²) in [5.41, 5.74) is 2.80. The first-order valence-corrected chi connectivity index (χ1v) is 9.01. The lowest BCUT2D eigenvalue weighted by molar-refractivity contribution is -0.114. The number of nitrogens with zero attached hydrogens (tertiary/aromatic N) is 2. The van der Waals surface area contributed by atoms with Crippen molar-refractivity contribution in [2.24, 2.45) is 5.10 Å². The molecule has 0 fully saturated rings. The van der Waals surface area contributed by atoms with Crippen LogP contribution in [0.25, 0.3) is 17.4 Å². The van der Waals surface area contributed by atoms with Crippen molar-refractivity contribution in [2.75, 3.05) is 5.01 Å². The number of carbonyl (C=O) groups is 2. The second kappa shape index (κ2) is 7.31. The first-order valence-electron chi connectivity index (χ1n) is 9.01. The monoisotopic (exact) mass is 388 g/mol. The quantitative estimate of drug-likeness (QED) is 0.462. The Bertz CT molecular complexity index is 1170. The van der Waals surface area contributed by atoms with Crippen LogP contribution >= 0.6 is 0 Å². The molecule has 0 saturated carbocycles. The SMILES string of the molecule is CC(=O)c1cccc(-c2ccc(/C=C3/C(=O)N(c4ccc(F)cc4)N=C3C)o2)c1. The molecule has 2 aromatic carbocycles. The minimum atomic E-state index is -0.381. The van der Waals surface area contributed by atoms with E-state index in [1.54, 1.807) is 43.3 Å². The van der Waals surface area contributed by atoms with Crippen molar-refractivity contribution in [3.8, 4) is 11.3 Å². The van der Waals surface area contributed by atoms with Crippen molar-refractivity contribution in [3.63, 3.8) is 0 Å². The van der Waals surface area contributed by atoms with E-state index < -0.39 is 0 Å². The normalized spacial score (nSPS) is 15.1. The van der Waals surface area contributed by atoms with E-state index in [4.69, 9.17) is 4.42 Å². The van der Waals surface area contributed by atoms with Gasteiger partial charge in [-0.3, -0.25) is 9.59 Å². The smallest absolute Gasteiger partial charge is 0.280 e. The van der Waals surface area contributed by atoms with Gasteiger partial charge in [-0.1, -0.05) is 18.2 Å². The highest BCUT2D eigenvalue weighted by atomic mass is 19.1. The minimum Gasteiger partial charge on any atom is -0.457 e. The predicted molar refractivity (Wildman–Crippen MR) is 109 cm³/mol. The maximum absolute atomic E-state index is 13.1. The Hall–Kier alpha value is -3.80. The molecular weight excluding hydrogens is 371 g/mol. The van der Waals surface area contributed by atoms with Crippen LogP contribution in [0, 0.1) is 5.82 Å². The molecule has 4 rings (SSSR count). The molecule has 0 radical (unpaired) electrons. The zero-order valence-electron chi connectivity index (χ0n) is 15.8. The summed E-state index contributed by atoms with van der Waals surface area (Å²) in [5, 5.41) is 5.51. The van der Waals surface area contributed by atoms with Gasteiger partial charge in [-0.15, -0.1) is 0 Å². The lowest BCUT2D eigenvalue weighted by Gasteiger charge is -2.11. The van der Waals surface area contributed by atoms with E-state index in [9.17, 15) is 14.0 Å². The summed E-state index contributed by atoms with van der Waals surface area (Å²) in [7, 11) is 0. The third kappa shape index (κ3) is 3.65. The number of amides is 1. The topological polar surface area (TPSA) is 62.9 Å². The molecule has 3 aromatic rings. The number of hydrogen-bond acceptors (Lipinski definition) is 4. The second-order valence-electron chi connectivity index (χ2n) is 6.68. The van der Waals surface area contributed by atoms with Crippen molar-refractivity contribution >= 4 is 29.2 Å². The third-order valence-electron chi connectivity index (χ3n) is 4.60. The van der Waals surface area contributed by atoms with Crippen LogP contribution < -0.4 is 5.01 Å². The predicted octanol–water partition coefficient (Wildman–Crippen LogP) is 5.09. The van der Waals surface area contributed by atoms with Gasteiger partial charge in [0.05, 0.1) is 17.0 Å². The number of benzene rings is 2. The fourth-order valence-corrected chi connectivity index (χ4v) is 3.06. The fourth-order valence-electron chi connectivity index (χ4n) is 3.06. The molecule has 2 heterocycles.